The molecule has 24 heavy (non-hydrogen) atoms. The van der Waals surface area contributed by atoms with E-state index in [1.807, 2.05) is 0 Å². The van der Waals surface area contributed by atoms with Crippen LogP contribution in [0, 0.1) is 5.92 Å². The van der Waals surface area contributed by atoms with Crippen LogP contribution in [0.4, 0.5) is 13.2 Å². The zero-order valence-corrected chi connectivity index (χ0v) is 13.0. The zero-order chi connectivity index (χ0) is 17.3. The van der Waals surface area contributed by atoms with Gasteiger partial charge < -0.3 is 9.64 Å². The molecule has 1 saturated carbocycles. The molecule has 0 N–H and O–H groups in total. The number of carbonyl (C=O) groups is 2. The predicted octanol–water partition coefficient (Wildman–Crippen LogP) is 2.97. The summed E-state index contributed by atoms with van der Waals surface area (Å²) in [6.07, 6.45) is -2.73. The number of benzene rings is 1. The highest BCUT2D eigenvalue weighted by atomic mass is 19.4. The third-order valence-electron chi connectivity index (χ3n) is 4.54. The monoisotopic (exact) mass is 341 g/mol. The molecule has 2 fully saturated rings. The number of halogens is 3. The first-order valence-electron chi connectivity index (χ1n) is 7.98. The van der Waals surface area contributed by atoms with Gasteiger partial charge >= 0.3 is 12.1 Å². The Hall–Kier alpha value is -2.05. The van der Waals surface area contributed by atoms with Crippen molar-refractivity contribution in [2.45, 2.75) is 31.4 Å². The molecule has 1 aromatic carbocycles. The van der Waals surface area contributed by atoms with Crippen LogP contribution in [0.2, 0.25) is 0 Å². The minimum Gasteiger partial charge on any atom is -0.464 e. The van der Waals surface area contributed by atoms with Crippen molar-refractivity contribution < 1.29 is 27.5 Å². The van der Waals surface area contributed by atoms with Crippen LogP contribution in [-0.2, 0) is 20.5 Å². The van der Waals surface area contributed by atoms with Crippen molar-refractivity contribution in [3.05, 3.63) is 35.4 Å². The summed E-state index contributed by atoms with van der Waals surface area (Å²) in [5.74, 6) is -1.40. The van der Waals surface area contributed by atoms with Gasteiger partial charge in [0.2, 0.25) is 5.91 Å². The minimum absolute atomic E-state index is 0.0504. The van der Waals surface area contributed by atoms with Crippen molar-refractivity contribution in [1.82, 2.24) is 4.90 Å². The van der Waals surface area contributed by atoms with Crippen LogP contribution in [0.3, 0.4) is 0 Å². The van der Waals surface area contributed by atoms with Crippen LogP contribution >= 0.6 is 0 Å². The Morgan fingerprint density at radius 1 is 1.29 bits per heavy atom. The maximum Gasteiger partial charge on any atom is 0.416 e. The van der Waals surface area contributed by atoms with Crippen LogP contribution in [0.15, 0.2) is 24.3 Å². The second-order valence-corrected chi connectivity index (χ2v) is 6.19. The number of rotatable bonds is 5. The Kier molecular flexibility index (Phi) is 4.51. The Bertz CT molecular complexity index is 644. The average molecular weight is 341 g/mol. The second kappa shape index (κ2) is 6.45. The Labute approximate surface area is 137 Å². The van der Waals surface area contributed by atoms with Crippen LogP contribution in [0.5, 0.6) is 0 Å². The van der Waals surface area contributed by atoms with E-state index in [1.54, 1.807) is 11.0 Å². The van der Waals surface area contributed by atoms with Crippen LogP contribution in [0.1, 0.15) is 36.3 Å². The molecule has 0 radical (unpaired) electrons. The molecule has 1 aliphatic carbocycles. The molecule has 0 unspecified atom stereocenters. The van der Waals surface area contributed by atoms with Gasteiger partial charge in [-0.25, -0.2) is 0 Å². The largest absolute Gasteiger partial charge is 0.464 e. The summed E-state index contributed by atoms with van der Waals surface area (Å²) in [7, 11) is 0. The lowest BCUT2D eigenvalue weighted by Gasteiger charge is -2.15. The first kappa shape index (κ1) is 16.8. The lowest BCUT2D eigenvalue weighted by molar-refractivity contribution is -0.147. The molecular formula is C17H18F3NO3. The number of alkyl halides is 3. The van der Waals surface area contributed by atoms with Crippen molar-refractivity contribution >= 4 is 11.9 Å². The van der Waals surface area contributed by atoms with E-state index in [2.05, 4.69) is 0 Å². The van der Waals surface area contributed by atoms with Crippen molar-refractivity contribution in [3.8, 4) is 0 Å². The summed E-state index contributed by atoms with van der Waals surface area (Å²) in [5.41, 5.74) is -0.533. The van der Waals surface area contributed by atoms with E-state index >= 15 is 0 Å². The van der Waals surface area contributed by atoms with E-state index in [9.17, 15) is 22.8 Å². The standard InChI is InChI=1S/C17H18F3NO3/c18-17(19,20)14-5-2-1-4-11(14)12-10-13(12)16(23)24-9-8-21-7-3-6-15(21)22/h1-2,4-5,12-13H,3,6-10H2/t12-,13-/m1/s1. The van der Waals surface area contributed by atoms with Crippen LogP contribution in [0.25, 0.3) is 0 Å². The number of carbonyl (C=O) groups excluding carboxylic acids is 2. The molecule has 3 rings (SSSR count). The van der Waals surface area contributed by atoms with E-state index in [0.717, 1.165) is 12.5 Å². The van der Waals surface area contributed by atoms with Crippen molar-refractivity contribution in [3.63, 3.8) is 0 Å². The maximum atomic E-state index is 13.0. The molecule has 1 aliphatic heterocycles. The topological polar surface area (TPSA) is 46.6 Å². The number of esters is 1. The summed E-state index contributed by atoms with van der Waals surface area (Å²) in [4.78, 5) is 25.1. The molecule has 1 amide bonds. The summed E-state index contributed by atoms with van der Waals surface area (Å²) in [5, 5.41) is 0. The summed E-state index contributed by atoms with van der Waals surface area (Å²) < 4.78 is 44.2. The highest BCUT2D eigenvalue weighted by Gasteiger charge is 2.48. The number of hydrogen-bond acceptors (Lipinski definition) is 3. The van der Waals surface area contributed by atoms with Crippen molar-refractivity contribution in [2.75, 3.05) is 19.7 Å². The number of amides is 1. The summed E-state index contributed by atoms with van der Waals surface area (Å²) in [6, 6.07) is 5.35. The molecular weight excluding hydrogens is 323 g/mol. The fourth-order valence-electron chi connectivity index (χ4n) is 3.18. The van der Waals surface area contributed by atoms with Gasteiger partial charge in [-0.2, -0.15) is 13.2 Å². The average Bonchev–Trinajstić information content (AvgIpc) is 3.24. The number of hydrogen-bond donors (Lipinski definition) is 0. The van der Waals surface area contributed by atoms with Gasteiger partial charge in [-0.15, -0.1) is 0 Å². The highest BCUT2D eigenvalue weighted by molar-refractivity contribution is 5.79. The van der Waals surface area contributed by atoms with Gasteiger partial charge in [-0.1, -0.05) is 18.2 Å². The number of nitrogens with zero attached hydrogens (tertiary/aromatic N) is 1. The second-order valence-electron chi connectivity index (χ2n) is 6.19. The van der Waals surface area contributed by atoms with Gasteiger partial charge in [-0.05, 0) is 30.4 Å². The van der Waals surface area contributed by atoms with E-state index < -0.39 is 29.5 Å². The zero-order valence-electron chi connectivity index (χ0n) is 13.0. The van der Waals surface area contributed by atoms with E-state index in [1.165, 1.54) is 12.1 Å². The molecule has 1 heterocycles. The first-order chi connectivity index (χ1) is 11.4. The molecule has 130 valence electrons. The Balaban J connectivity index is 1.54. The van der Waals surface area contributed by atoms with Gasteiger partial charge in [0, 0.05) is 13.0 Å². The molecule has 0 aromatic heterocycles. The highest BCUT2D eigenvalue weighted by Crippen LogP contribution is 2.51. The molecule has 0 spiro atoms. The minimum atomic E-state index is -4.43. The molecule has 7 heteroatoms. The number of ether oxygens (including phenoxy) is 1. The quantitative estimate of drug-likeness (QED) is 0.774. The molecule has 4 nitrogen and oxygen atoms in total. The van der Waals surface area contributed by atoms with Gasteiger partial charge in [0.25, 0.3) is 0 Å². The molecule has 2 atom stereocenters. The maximum absolute atomic E-state index is 13.0. The molecule has 1 saturated heterocycles. The summed E-state index contributed by atoms with van der Waals surface area (Å²) >= 11 is 0. The van der Waals surface area contributed by atoms with Gasteiger partial charge in [0.1, 0.15) is 6.61 Å². The SMILES string of the molecule is O=C(OCCN1CCCC1=O)[C@@H]1C[C@@H]1c1ccccc1C(F)(F)F. The Morgan fingerprint density at radius 3 is 2.71 bits per heavy atom. The summed E-state index contributed by atoms with van der Waals surface area (Å²) in [6.45, 7) is 1.11. The van der Waals surface area contributed by atoms with E-state index in [-0.39, 0.29) is 18.1 Å². The third-order valence-corrected chi connectivity index (χ3v) is 4.54. The molecule has 0 bridgehead atoms. The molecule has 1 aromatic rings. The lowest BCUT2D eigenvalue weighted by Crippen LogP contribution is -2.29. The fraction of sp³-hybridized carbons (Fsp3) is 0.529. The normalized spacial score (nSPS) is 23.5. The van der Waals surface area contributed by atoms with Crippen molar-refractivity contribution in [2.24, 2.45) is 5.92 Å². The van der Waals surface area contributed by atoms with E-state index in [0.29, 0.717) is 25.9 Å². The van der Waals surface area contributed by atoms with Gasteiger partial charge in [0.15, 0.2) is 0 Å². The van der Waals surface area contributed by atoms with Crippen LogP contribution < -0.4 is 0 Å². The van der Waals surface area contributed by atoms with Crippen LogP contribution in [-0.4, -0.2) is 36.5 Å². The number of likely N-dealkylation sites (tertiary alicyclic amines) is 1. The Morgan fingerprint density at radius 2 is 2.04 bits per heavy atom. The third kappa shape index (κ3) is 3.55. The molecule has 2 aliphatic rings. The van der Waals surface area contributed by atoms with Gasteiger partial charge in [-0.3, -0.25) is 9.59 Å². The first-order valence-corrected chi connectivity index (χ1v) is 7.98. The van der Waals surface area contributed by atoms with Crippen molar-refractivity contribution in [1.29, 1.82) is 0 Å². The fourth-order valence-corrected chi connectivity index (χ4v) is 3.18. The smallest absolute Gasteiger partial charge is 0.416 e. The van der Waals surface area contributed by atoms with Gasteiger partial charge in [0.05, 0.1) is 18.0 Å². The lowest BCUT2D eigenvalue weighted by atomic mass is 10.0. The predicted molar refractivity (Wildman–Crippen MR) is 79.1 cm³/mol. The van der Waals surface area contributed by atoms with E-state index in [4.69, 9.17) is 4.74 Å².